The Hall–Kier alpha value is -2.13. The number of allylic oxidation sites excluding steroid dienone is 1. The number of hydrogen-bond donors (Lipinski definition) is 0. The Bertz CT molecular complexity index is 837. The predicted molar refractivity (Wildman–Crippen MR) is 99.3 cm³/mol. The summed E-state index contributed by atoms with van der Waals surface area (Å²) in [6, 6.07) is 9.00. The fourth-order valence-corrected chi connectivity index (χ4v) is 4.00. The van der Waals surface area contributed by atoms with E-state index in [2.05, 4.69) is 48.4 Å². The van der Waals surface area contributed by atoms with Crippen LogP contribution in [0.4, 0.5) is 0 Å². The molecule has 0 amide bonds. The lowest BCUT2D eigenvalue weighted by atomic mass is 9.88. The molecule has 4 rings (SSSR count). The first-order valence-corrected chi connectivity index (χ1v) is 8.81. The minimum atomic E-state index is 0.127. The van der Waals surface area contributed by atoms with Gasteiger partial charge in [-0.3, -0.25) is 4.79 Å². The van der Waals surface area contributed by atoms with Crippen LogP contribution in [0.5, 0.6) is 0 Å². The van der Waals surface area contributed by atoms with Crippen molar-refractivity contribution in [3.05, 3.63) is 63.6 Å². The lowest BCUT2D eigenvalue weighted by Gasteiger charge is -2.29. The number of likely N-dealkylation sites (tertiary alicyclic amines) is 1. The van der Waals surface area contributed by atoms with E-state index in [4.69, 9.17) is 0 Å². The number of fused-ring (bicyclic) bond motifs is 1. The maximum atomic E-state index is 12.3. The molecule has 0 spiro atoms. The van der Waals surface area contributed by atoms with Crippen molar-refractivity contribution < 1.29 is 0 Å². The molecule has 3 heteroatoms. The summed E-state index contributed by atoms with van der Waals surface area (Å²) in [6.07, 6.45) is 9.39. The maximum Gasteiger partial charge on any atom is 0.254 e. The molecule has 1 aliphatic carbocycles. The monoisotopic (exact) mass is 320 g/mol. The van der Waals surface area contributed by atoms with E-state index in [1.165, 1.54) is 37.1 Å². The van der Waals surface area contributed by atoms with Gasteiger partial charge in [0.25, 0.3) is 5.56 Å². The fourth-order valence-electron chi connectivity index (χ4n) is 4.00. The van der Waals surface area contributed by atoms with Crippen molar-refractivity contribution in [2.75, 3.05) is 20.1 Å². The third kappa shape index (κ3) is 2.63. The van der Waals surface area contributed by atoms with Gasteiger partial charge >= 0.3 is 0 Å². The number of pyridine rings is 1. The van der Waals surface area contributed by atoms with Gasteiger partial charge in [0.1, 0.15) is 0 Å². The Morgan fingerprint density at radius 1 is 1.04 bits per heavy atom. The van der Waals surface area contributed by atoms with E-state index >= 15 is 0 Å². The number of benzene rings is 1. The standard InChI is InChI=1S/C21H24N2O/c1-22-12-10-16(11-13-22)15-6-8-17(9-7-15)20-14-23(2)21(24)19-5-3-4-18(19)20/h3-4,6-9,14,16H,5,10-13H2,1-2H3. The van der Waals surface area contributed by atoms with Gasteiger partial charge in [-0.1, -0.05) is 36.4 Å². The van der Waals surface area contributed by atoms with Crippen molar-refractivity contribution in [3.63, 3.8) is 0 Å². The average Bonchev–Trinajstić information content (AvgIpc) is 3.09. The minimum Gasteiger partial charge on any atom is -0.318 e. The predicted octanol–water partition coefficient (Wildman–Crippen LogP) is 3.43. The maximum absolute atomic E-state index is 12.3. The van der Waals surface area contributed by atoms with E-state index in [-0.39, 0.29) is 5.56 Å². The summed E-state index contributed by atoms with van der Waals surface area (Å²) in [4.78, 5) is 14.7. The second-order valence-electron chi connectivity index (χ2n) is 7.16. The molecule has 1 aliphatic heterocycles. The summed E-state index contributed by atoms with van der Waals surface area (Å²) in [5.74, 6) is 0.681. The highest BCUT2D eigenvalue weighted by Gasteiger charge is 2.19. The quantitative estimate of drug-likeness (QED) is 0.847. The molecule has 3 nitrogen and oxygen atoms in total. The summed E-state index contributed by atoms with van der Waals surface area (Å²) in [5.41, 5.74) is 5.96. The summed E-state index contributed by atoms with van der Waals surface area (Å²) >= 11 is 0. The number of nitrogens with zero attached hydrogens (tertiary/aromatic N) is 2. The van der Waals surface area contributed by atoms with Crippen LogP contribution in [0.3, 0.4) is 0 Å². The fraction of sp³-hybridized carbons (Fsp3) is 0.381. The lowest BCUT2D eigenvalue weighted by Crippen LogP contribution is -2.29. The summed E-state index contributed by atoms with van der Waals surface area (Å²) < 4.78 is 1.71. The summed E-state index contributed by atoms with van der Waals surface area (Å²) in [6.45, 7) is 2.37. The van der Waals surface area contributed by atoms with Gasteiger partial charge in [-0.15, -0.1) is 0 Å². The number of aromatic nitrogens is 1. The van der Waals surface area contributed by atoms with E-state index in [1.54, 1.807) is 4.57 Å². The zero-order valence-corrected chi connectivity index (χ0v) is 14.5. The van der Waals surface area contributed by atoms with Crippen LogP contribution in [-0.4, -0.2) is 29.6 Å². The smallest absolute Gasteiger partial charge is 0.254 e. The Kier molecular flexibility index (Phi) is 3.89. The van der Waals surface area contributed by atoms with E-state index in [9.17, 15) is 4.79 Å². The molecule has 2 heterocycles. The number of hydrogen-bond acceptors (Lipinski definition) is 2. The van der Waals surface area contributed by atoms with E-state index in [1.807, 2.05) is 13.2 Å². The van der Waals surface area contributed by atoms with Gasteiger partial charge in [0.15, 0.2) is 0 Å². The van der Waals surface area contributed by atoms with Crippen molar-refractivity contribution in [2.24, 2.45) is 7.05 Å². The molecule has 0 atom stereocenters. The largest absolute Gasteiger partial charge is 0.318 e. The number of rotatable bonds is 2. The highest BCUT2D eigenvalue weighted by molar-refractivity contribution is 5.78. The third-order valence-corrected chi connectivity index (χ3v) is 5.53. The second kappa shape index (κ2) is 6.06. The molecule has 0 unspecified atom stereocenters. The van der Waals surface area contributed by atoms with Gasteiger partial charge in [-0.05, 0) is 62.0 Å². The minimum absolute atomic E-state index is 0.127. The Labute approximate surface area is 143 Å². The van der Waals surface area contributed by atoms with E-state index in [0.717, 1.165) is 23.1 Å². The molecular weight excluding hydrogens is 296 g/mol. The van der Waals surface area contributed by atoms with Crippen LogP contribution < -0.4 is 5.56 Å². The number of piperidine rings is 1. The van der Waals surface area contributed by atoms with Crippen LogP contribution in [0.2, 0.25) is 0 Å². The third-order valence-electron chi connectivity index (χ3n) is 5.53. The molecule has 2 aromatic rings. The SMILES string of the molecule is CN1CCC(c2ccc(-c3cn(C)c(=O)c4c3C=CC4)cc2)CC1. The van der Waals surface area contributed by atoms with Gasteiger partial charge in [0.05, 0.1) is 0 Å². The van der Waals surface area contributed by atoms with Crippen molar-refractivity contribution in [1.29, 1.82) is 0 Å². The Morgan fingerprint density at radius 3 is 2.46 bits per heavy atom. The zero-order valence-electron chi connectivity index (χ0n) is 14.5. The van der Waals surface area contributed by atoms with Crippen LogP contribution in [0.25, 0.3) is 17.2 Å². The number of aryl methyl sites for hydroxylation is 1. The molecule has 1 fully saturated rings. The molecule has 1 saturated heterocycles. The molecule has 0 N–H and O–H groups in total. The Morgan fingerprint density at radius 2 is 1.75 bits per heavy atom. The van der Waals surface area contributed by atoms with Gasteiger partial charge in [-0.2, -0.15) is 0 Å². The molecule has 124 valence electrons. The molecule has 2 aliphatic rings. The van der Waals surface area contributed by atoms with Gasteiger partial charge in [0, 0.05) is 24.4 Å². The first-order chi connectivity index (χ1) is 11.6. The average molecular weight is 320 g/mol. The van der Waals surface area contributed by atoms with E-state index < -0.39 is 0 Å². The van der Waals surface area contributed by atoms with Gasteiger partial charge in [0.2, 0.25) is 0 Å². The summed E-state index contributed by atoms with van der Waals surface area (Å²) in [5, 5.41) is 0. The van der Waals surface area contributed by atoms with Crippen molar-refractivity contribution in [1.82, 2.24) is 9.47 Å². The van der Waals surface area contributed by atoms with Crippen molar-refractivity contribution in [2.45, 2.75) is 25.2 Å². The highest BCUT2D eigenvalue weighted by atomic mass is 16.1. The Balaban J connectivity index is 1.67. The van der Waals surface area contributed by atoms with Crippen LogP contribution in [0.1, 0.15) is 35.4 Å². The topological polar surface area (TPSA) is 25.2 Å². The second-order valence-corrected chi connectivity index (χ2v) is 7.16. The first kappa shape index (κ1) is 15.4. The normalized spacial score (nSPS) is 18.1. The van der Waals surface area contributed by atoms with Crippen LogP contribution in [0.15, 0.2) is 41.3 Å². The lowest BCUT2D eigenvalue weighted by molar-refractivity contribution is 0.255. The highest BCUT2D eigenvalue weighted by Crippen LogP contribution is 2.32. The van der Waals surface area contributed by atoms with Crippen molar-refractivity contribution >= 4 is 6.08 Å². The van der Waals surface area contributed by atoms with Crippen molar-refractivity contribution in [3.8, 4) is 11.1 Å². The summed E-state index contributed by atoms with van der Waals surface area (Å²) in [7, 11) is 4.05. The molecule has 1 aromatic heterocycles. The van der Waals surface area contributed by atoms with E-state index in [0.29, 0.717) is 5.92 Å². The molecule has 1 aromatic carbocycles. The zero-order chi connectivity index (χ0) is 16.7. The van der Waals surface area contributed by atoms with Crippen LogP contribution in [0, 0.1) is 0 Å². The molecular formula is C21H24N2O. The molecule has 0 radical (unpaired) electrons. The molecule has 0 bridgehead atoms. The van der Waals surface area contributed by atoms with Gasteiger partial charge in [-0.25, -0.2) is 0 Å². The van der Waals surface area contributed by atoms with Gasteiger partial charge < -0.3 is 9.47 Å². The molecule has 0 saturated carbocycles. The van der Waals surface area contributed by atoms with Crippen LogP contribution >= 0.6 is 0 Å². The van der Waals surface area contributed by atoms with Crippen LogP contribution in [-0.2, 0) is 13.5 Å². The molecule has 24 heavy (non-hydrogen) atoms. The first-order valence-electron chi connectivity index (χ1n) is 8.81.